The summed E-state index contributed by atoms with van der Waals surface area (Å²) in [6, 6.07) is 13.7. The van der Waals surface area contributed by atoms with E-state index in [1.807, 2.05) is 77.9 Å². The summed E-state index contributed by atoms with van der Waals surface area (Å²) >= 11 is 11.8. The van der Waals surface area contributed by atoms with Gasteiger partial charge in [0.05, 0.1) is 10.0 Å². The fourth-order valence-corrected chi connectivity index (χ4v) is 1.81. The van der Waals surface area contributed by atoms with Crippen LogP contribution >= 0.6 is 31.8 Å². The van der Waals surface area contributed by atoms with Gasteiger partial charge in [0.1, 0.15) is 0 Å². The Labute approximate surface area is 168 Å². The zero-order chi connectivity index (χ0) is 20.3. The topological polar surface area (TPSA) is 26.0 Å². The Bertz CT molecular complexity index is 514. The van der Waals surface area contributed by atoms with Crippen molar-refractivity contribution in [1.29, 1.82) is 0 Å². The largest absolute Gasteiger partial charge is 0.326 e. The number of halogens is 2. The van der Waals surface area contributed by atoms with Gasteiger partial charge >= 0.3 is 0 Å². The first-order valence-corrected chi connectivity index (χ1v) is 11.7. The van der Waals surface area contributed by atoms with Crippen LogP contribution in [0.3, 0.4) is 0 Å². The number of nitrogens with two attached hydrogens (primary N) is 1. The minimum atomic E-state index is 0.557. The molecule has 2 N–H and O–H groups in total. The van der Waals surface area contributed by atoms with Crippen molar-refractivity contribution in [3.63, 3.8) is 0 Å². The third kappa shape index (κ3) is 13.3. The van der Waals surface area contributed by atoms with Crippen LogP contribution in [0.15, 0.2) is 42.5 Å². The van der Waals surface area contributed by atoms with E-state index in [1.54, 1.807) is 6.07 Å². The molecule has 2 aromatic rings. The molecule has 0 saturated carbocycles. The van der Waals surface area contributed by atoms with Crippen LogP contribution in [0.2, 0.25) is 10.0 Å². The Hall–Kier alpha value is -0.590. The van der Waals surface area contributed by atoms with E-state index in [-0.39, 0.29) is 0 Å². The third-order valence-electron chi connectivity index (χ3n) is 2.44. The smallest absolute Gasteiger partial charge is 0.0598 e. The lowest BCUT2D eigenvalue weighted by molar-refractivity contribution is 1.07. The maximum Gasteiger partial charge on any atom is 0.0598 e. The SMILES string of the molecule is CC.CC.CC.CPC.NCc1ccc(-c2ccc(Cl)c(Cl)c2)cc1. The molecule has 0 atom stereocenters. The molecule has 2 rings (SSSR count). The molecule has 0 unspecified atom stereocenters. The van der Waals surface area contributed by atoms with Crippen LogP contribution in [0.5, 0.6) is 0 Å². The normalized spacial score (nSPS) is 8.12. The van der Waals surface area contributed by atoms with Gasteiger partial charge in [-0.25, -0.2) is 0 Å². The molecule has 25 heavy (non-hydrogen) atoms. The molecule has 0 fully saturated rings. The lowest BCUT2D eigenvalue weighted by Crippen LogP contribution is -1.95. The highest BCUT2D eigenvalue weighted by Crippen LogP contribution is 2.28. The lowest BCUT2D eigenvalue weighted by Gasteiger charge is -2.04. The van der Waals surface area contributed by atoms with Crippen molar-refractivity contribution in [1.82, 2.24) is 0 Å². The maximum atomic E-state index is 5.97. The Kier molecular flexibility index (Phi) is 25.0. The number of rotatable bonds is 2. The van der Waals surface area contributed by atoms with E-state index in [2.05, 4.69) is 13.3 Å². The zero-order valence-corrected chi connectivity index (χ0v) is 19.6. The lowest BCUT2D eigenvalue weighted by atomic mass is 10.0. The second-order valence-corrected chi connectivity index (χ2v) is 5.84. The van der Waals surface area contributed by atoms with E-state index in [0.29, 0.717) is 16.6 Å². The van der Waals surface area contributed by atoms with Gasteiger partial charge < -0.3 is 5.73 Å². The van der Waals surface area contributed by atoms with Crippen molar-refractivity contribution < 1.29 is 0 Å². The molecule has 4 heteroatoms. The quantitative estimate of drug-likeness (QED) is 0.503. The zero-order valence-electron chi connectivity index (χ0n) is 17.1. The van der Waals surface area contributed by atoms with Crippen LogP contribution in [0, 0.1) is 0 Å². The van der Waals surface area contributed by atoms with Crippen LogP contribution in [0.1, 0.15) is 47.1 Å². The van der Waals surface area contributed by atoms with Crippen LogP contribution < -0.4 is 5.73 Å². The average molecular weight is 404 g/mol. The fraction of sp³-hybridized carbons (Fsp3) is 0.429. The van der Waals surface area contributed by atoms with Gasteiger partial charge in [-0.05, 0) is 42.2 Å². The number of hydrogen-bond acceptors (Lipinski definition) is 1. The molecule has 0 aliphatic heterocycles. The molecule has 0 aromatic heterocycles. The summed E-state index contributed by atoms with van der Waals surface area (Å²) in [6.07, 6.45) is 0. The molecule has 0 bridgehead atoms. The van der Waals surface area contributed by atoms with E-state index in [0.717, 1.165) is 25.3 Å². The summed E-state index contributed by atoms with van der Waals surface area (Å²) in [6.45, 7) is 16.9. The number of hydrogen-bond donors (Lipinski definition) is 1. The second-order valence-electron chi connectivity index (χ2n) is 4.03. The third-order valence-corrected chi connectivity index (χ3v) is 3.18. The van der Waals surface area contributed by atoms with E-state index < -0.39 is 0 Å². The predicted molar refractivity (Wildman–Crippen MR) is 124 cm³/mol. The van der Waals surface area contributed by atoms with Crippen molar-refractivity contribution in [3.05, 3.63) is 58.1 Å². The Morgan fingerprint density at radius 2 is 1.12 bits per heavy atom. The summed E-state index contributed by atoms with van der Waals surface area (Å²) < 4.78 is 0. The molecule has 0 aliphatic carbocycles. The molecule has 0 aliphatic rings. The van der Waals surface area contributed by atoms with E-state index in [4.69, 9.17) is 28.9 Å². The Morgan fingerprint density at radius 1 is 0.720 bits per heavy atom. The number of benzene rings is 2. The second kappa shape index (κ2) is 21.5. The molecular weight excluding hydrogens is 368 g/mol. The van der Waals surface area contributed by atoms with Gasteiger partial charge in [-0.15, -0.1) is 8.58 Å². The van der Waals surface area contributed by atoms with Gasteiger partial charge in [0.15, 0.2) is 0 Å². The van der Waals surface area contributed by atoms with Crippen molar-refractivity contribution in [3.8, 4) is 11.1 Å². The van der Waals surface area contributed by atoms with Gasteiger partial charge in [-0.1, -0.05) is 95.1 Å². The van der Waals surface area contributed by atoms with Crippen molar-refractivity contribution in [2.45, 2.75) is 48.1 Å². The first kappa shape index (κ1) is 29.2. The van der Waals surface area contributed by atoms with Gasteiger partial charge in [0.25, 0.3) is 0 Å². The highest BCUT2D eigenvalue weighted by atomic mass is 35.5. The average Bonchev–Trinajstić information content (AvgIpc) is 2.69. The predicted octanol–water partition coefficient (Wildman–Crippen LogP) is 8.12. The highest BCUT2D eigenvalue weighted by Gasteiger charge is 2.01. The molecule has 2 aromatic carbocycles. The van der Waals surface area contributed by atoms with Crippen LogP contribution in [0.25, 0.3) is 11.1 Å². The summed E-state index contributed by atoms with van der Waals surface area (Å²) in [5, 5.41) is 1.14. The minimum absolute atomic E-state index is 0.557. The Morgan fingerprint density at radius 3 is 1.48 bits per heavy atom. The van der Waals surface area contributed by atoms with E-state index in [1.165, 1.54) is 0 Å². The first-order valence-electron chi connectivity index (χ1n) is 8.95. The molecule has 1 nitrogen and oxygen atoms in total. The van der Waals surface area contributed by atoms with Crippen LogP contribution in [-0.4, -0.2) is 13.3 Å². The molecule has 0 saturated heterocycles. The van der Waals surface area contributed by atoms with Crippen molar-refractivity contribution in [2.75, 3.05) is 13.3 Å². The van der Waals surface area contributed by atoms with Gasteiger partial charge in [0.2, 0.25) is 0 Å². The van der Waals surface area contributed by atoms with Gasteiger partial charge in [-0.2, -0.15) is 0 Å². The molecule has 144 valence electrons. The Balaban J connectivity index is -0.000000464. The first-order chi connectivity index (χ1) is 12.1. The minimum Gasteiger partial charge on any atom is -0.326 e. The van der Waals surface area contributed by atoms with Crippen LogP contribution in [-0.2, 0) is 6.54 Å². The maximum absolute atomic E-state index is 5.97. The summed E-state index contributed by atoms with van der Waals surface area (Å²) in [7, 11) is 1.08. The molecule has 0 radical (unpaired) electrons. The van der Waals surface area contributed by atoms with E-state index in [9.17, 15) is 0 Å². The molecular formula is C21H36Cl2NP. The molecule has 0 heterocycles. The van der Waals surface area contributed by atoms with Gasteiger partial charge in [-0.3, -0.25) is 0 Å². The fourth-order valence-electron chi connectivity index (χ4n) is 1.51. The summed E-state index contributed by atoms with van der Waals surface area (Å²) in [5.74, 6) is 0. The molecule has 0 amide bonds. The van der Waals surface area contributed by atoms with Crippen molar-refractivity contribution >= 4 is 31.8 Å². The standard InChI is InChI=1S/C13H11Cl2N.C2H7P.3C2H6/c14-12-6-5-11(7-13(12)15)10-3-1-9(8-16)2-4-10;1-3-2;3*1-2/h1-7H,8,16H2;3H,1-2H3;3*1-2H3. The van der Waals surface area contributed by atoms with Crippen molar-refractivity contribution in [2.24, 2.45) is 5.73 Å². The summed E-state index contributed by atoms with van der Waals surface area (Å²) in [5.41, 5.74) is 8.82. The molecule has 0 spiro atoms. The van der Waals surface area contributed by atoms with E-state index >= 15 is 0 Å². The summed E-state index contributed by atoms with van der Waals surface area (Å²) in [4.78, 5) is 0. The monoisotopic (exact) mass is 403 g/mol. The van der Waals surface area contributed by atoms with Gasteiger partial charge in [0, 0.05) is 6.54 Å². The highest BCUT2D eigenvalue weighted by molar-refractivity contribution is 7.35. The van der Waals surface area contributed by atoms with Crippen LogP contribution in [0.4, 0.5) is 0 Å².